The van der Waals surface area contributed by atoms with Gasteiger partial charge in [0.15, 0.2) is 5.78 Å². The number of carbonyl (C=O) groups excluding carboxylic acids is 2. The fourth-order valence-electron chi connectivity index (χ4n) is 4.48. The highest BCUT2D eigenvalue weighted by Crippen LogP contribution is 2.40. The van der Waals surface area contributed by atoms with Gasteiger partial charge in [-0.2, -0.15) is 0 Å². The summed E-state index contributed by atoms with van der Waals surface area (Å²) in [6.45, 7) is 1.66. The predicted molar refractivity (Wildman–Crippen MR) is 107 cm³/mol. The zero-order valence-electron chi connectivity index (χ0n) is 15.8. The summed E-state index contributed by atoms with van der Waals surface area (Å²) in [6.07, 6.45) is 7.20. The van der Waals surface area contributed by atoms with Gasteiger partial charge in [0.1, 0.15) is 5.78 Å². The van der Waals surface area contributed by atoms with Crippen molar-refractivity contribution in [3.63, 3.8) is 0 Å². The molecule has 1 atom stereocenters. The van der Waals surface area contributed by atoms with Gasteiger partial charge in [-0.05, 0) is 55.9 Å². The van der Waals surface area contributed by atoms with Crippen LogP contribution >= 0.6 is 0 Å². The minimum atomic E-state index is 0.213. The van der Waals surface area contributed by atoms with Crippen molar-refractivity contribution in [1.29, 1.82) is 0 Å². The third-order valence-electron chi connectivity index (χ3n) is 5.72. The van der Waals surface area contributed by atoms with E-state index in [2.05, 4.69) is 22.7 Å². The molecule has 1 aliphatic rings. The highest BCUT2D eigenvalue weighted by molar-refractivity contribution is 5.96. The second kappa shape index (κ2) is 7.51. The Morgan fingerprint density at radius 3 is 2.63 bits per heavy atom. The molecule has 3 heteroatoms. The van der Waals surface area contributed by atoms with Crippen LogP contribution in [0.1, 0.15) is 65.7 Å². The predicted octanol–water partition coefficient (Wildman–Crippen LogP) is 5.15. The average Bonchev–Trinajstić information content (AvgIpc) is 3.01. The number of pyridine rings is 1. The van der Waals surface area contributed by atoms with Gasteiger partial charge in [-0.25, -0.2) is 0 Å². The molecule has 0 fully saturated rings. The van der Waals surface area contributed by atoms with E-state index in [0.717, 1.165) is 31.2 Å². The summed E-state index contributed by atoms with van der Waals surface area (Å²) in [7, 11) is 0. The molecule has 0 saturated heterocycles. The van der Waals surface area contributed by atoms with Crippen molar-refractivity contribution in [1.82, 2.24) is 4.40 Å². The maximum absolute atomic E-state index is 12.8. The Labute approximate surface area is 160 Å². The summed E-state index contributed by atoms with van der Waals surface area (Å²) in [4.78, 5) is 24.4. The maximum Gasteiger partial charge on any atom is 0.163 e. The van der Waals surface area contributed by atoms with Gasteiger partial charge in [0.05, 0.1) is 0 Å². The molecule has 138 valence electrons. The third kappa shape index (κ3) is 3.46. The van der Waals surface area contributed by atoms with Crippen LogP contribution in [0, 0.1) is 0 Å². The van der Waals surface area contributed by atoms with Crippen molar-refractivity contribution < 1.29 is 9.59 Å². The summed E-state index contributed by atoms with van der Waals surface area (Å²) >= 11 is 0. The zero-order chi connectivity index (χ0) is 18.8. The molecule has 0 spiro atoms. The summed E-state index contributed by atoms with van der Waals surface area (Å²) in [6, 6.07) is 15.8. The van der Waals surface area contributed by atoms with E-state index in [4.69, 9.17) is 0 Å². The number of benzene rings is 1. The van der Waals surface area contributed by atoms with Crippen LogP contribution in [0.5, 0.6) is 0 Å². The Morgan fingerprint density at radius 2 is 1.85 bits per heavy atom. The maximum atomic E-state index is 12.8. The molecule has 4 rings (SSSR count). The SMILES string of the molecule is CC(=O)CCc1c2c(n3ccccc13)[C@@H](CC(=O)c1ccccc1)CCC2. The molecule has 2 heterocycles. The Balaban J connectivity index is 1.72. The minimum Gasteiger partial charge on any atom is -0.320 e. The van der Waals surface area contributed by atoms with Crippen LogP contribution in [0.2, 0.25) is 0 Å². The van der Waals surface area contributed by atoms with Gasteiger partial charge in [0, 0.05) is 41.7 Å². The lowest BCUT2D eigenvalue weighted by atomic mass is 9.82. The molecule has 0 N–H and O–H groups in total. The van der Waals surface area contributed by atoms with Crippen LogP contribution in [0.15, 0.2) is 54.7 Å². The molecule has 0 saturated carbocycles. The highest BCUT2D eigenvalue weighted by atomic mass is 16.1. The number of aromatic nitrogens is 1. The van der Waals surface area contributed by atoms with Crippen molar-refractivity contribution in [3.8, 4) is 0 Å². The van der Waals surface area contributed by atoms with E-state index in [0.29, 0.717) is 12.8 Å². The van der Waals surface area contributed by atoms with Crippen molar-refractivity contribution in [2.45, 2.75) is 51.4 Å². The summed E-state index contributed by atoms with van der Waals surface area (Å²) in [5.41, 5.74) is 5.96. The smallest absolute Gasteiger partial charge is 0.163 e. The van der Waals surface area contributed by atoms with Gasteiger partial charge in [-0.15, -0.1) is 0 Å². The second-order valence-electron chi connectivity index (χ2n) is 7.58. The zero-order valence-corrected chi connectivity index (χ0v) is 15.8. The normalized spacial score (nSPS) is 16.3. The molecule has 0 radical (unpaired) electrons. The molecule has 27 heavy (non-hydrogen) atoms. The van der Waals surface area contributed by atoms with E-state index in [9.17, 15) is 9.59 Å². The summed E-state index contributed by atoms with van der Waals surface area (Å²) < 4.78 is 2.27. The van der Waals surface area contributed by atoms with Crippen LogP contribution in [0.3, 0.4) is 0 Å². The van der Waals surface area contributed by atoms with E-state index in [1.807, 2.05) is 36.4 Å². The topological polar surface area (TPSA) is 38.5 Å². The van der Waals surface area contributed by atoms with Gasteiger partial charge < -0.3 is 9.20 Å². The van der Waals surface area contributed by atoms with Crippen LogP contribution in [-0.4, -0.2) is 16.0 Å². The molecule has 0 aliphatic heterocycles. The number of hydrogen-bond acceptors (Lipinski definition) is 2. The lowest BCUT2D eigenvalue weighted by Crippen LogP contribution is -2.15. The molecule has 0 unspecified atom stereocenters. The van der Waals surface area contributed by atoms with Crippen molar-refractivity contribution in [3.05, 3.63) is 77.1 Å². The molecular formula is C24H25NO2. The molecule has 3 aromatic rings. The first-order valence-corrected chi connectivity index (χ1v) is 9.83. The van der Waals surface area contributed by atoms with Crippen LogP contribution in [-0.2, 0) is 17.6 Å². The van der Waals surface area contributed by atoms with Gasteiger partial charge in [0.25, 0.3) is 0 Å². The van der Waals surface area contributed by atoms with E-state index >= 15 is 0 Å². The standard InChI is InChI=1S/C24H25NO2/c1-17(26)13-14-20-21-11-7-10-19(16-23(27)18-8-3-2-4-9-18)24(21)25-15-6-5-12-22(20)25/h2-6,8-9,12,15,19H,7,10-11,13-14,16H2,1H3/t19-/m1/s1. The number of aryl methyl sites for hydroxylation is 1. The molecule has 0 amide bonds. The summed E-state index contributed by atoms with van der Waals surface area (Å²) in [5.74, 6) is 0.678. The number of rotatable bonds is 6. The number of hydrogen-bond donors (Lipinski definition) is 0. The van der Waals surface area contributed by atoms with E-state index in [1.54, 1.807) is 6.92 Å². The molecule has 2 aromatic heterocycles. The number of nitrogens with zero attached hydrogens (tertiary/aromatic N) is 1. The summed E-state index contributed by atoms with van der Waals surface area (Å²) in [5, 5.41) is 0. The molecule has 1 aromatic carbocycles. The molecular weight excluding hydrogens is 334 g/mol. The van der Waals surface area contributed by atoms with E-state index in [1.165, 1.54) is 22.3 Å². The van der Waals surface area contributed by atoms with Crippen LogP contribution < -0.4 is 0 Å². The fraction of sp³-hybridized carbons (Fsp3) is 0.333. The Hall–Kier alpha value is -2.68. The molecule has 0 bridgehead atoms. The lowest BCUT2D eigenvalue weighted by molar-refractivity contribution is -0.116. The van der Waals surface area contributed by atoms with Crippen molar-refractivity contribution in [2.75, 3.05) is 0 Å². The van der Waals surface area contributed by atoms with Crippen molar-refractivity contribution >= 4 is 17.1 Å². The molecule has 3 nitrogen and oxygen atoms in total. The first-order chi connectivity index (χ1) is 13.1. The first-order valence-electron chi connectivity index (χ1n) is 9.83. The van der Waals surface area contributed by atoms with Gasteiger partial charge >= 0.3 is 0 Å². The lowest BCUT2D eigenvalue weighted by Gasteiger charge is -2.24. The van der Waals surface area contributed by atoms with Gasteiger partial charge in [0.2, 0.25) is 0 Å². The number of carbonyl (C=O) groups is 2. The van der Waals surface area contributed by atoms with E-state index in [-0.39, 0.29) is 17.5 Å². The number of Topliss-reactive ketones (excluding diaryl/α,β-unsaturated/α-hetero) is 2. The number of ketones is 2. The Bertz CT molecular complexity index is 984. The molecule has 1 aliphatic carbocycles. The minimum absolute atomic E-state index is 0.213. The third-order valence-corrected chi connectivity index (χ3v) is 5.72. The Morgan fingerprint density at radius 1 is 1.07 bits per heavy atom. The largest absolute Gasteiger partial charge is 0.320 e. The van der Waals surface area contributed by atoms with Gasteiger partial charge in [-0.3, -0.25) is 4.79 Å². The number of fused-ring (bicyclic) bond motifs is 3. The second-order valence-corrected chi connectivity index (χ2v) is 7.58. The highest BCUT2D eigenvalue weighted by Gasteiger charge is 2.29. The van der Waals surface area contributed by atoms with E-state index < -0.39 is 0 Å². The first kappa shape index (κ1) is 17.7. The van der Waals surface area contributed by atoms with Crippen LogP contribution in [0.25, 0.3) is 5.52 Å². The van der Waals surface area contributed by atoms with Crippen molar-refractivity contribution in [2.24, 2.45) is 0 Å². The Kier molecular flexibility index (Phi) is 4.93. The average molecular weight is 359 g/mol. The van der Waals surface area contributed by atoms with Gasteiger partial charge in [-0.1, -0.05) is 36.4 Å². The fourth-order valence-corrected chi connectivity index (χ4v) is 4.48. The monoisotopic (exact) mass is 359 g/mol. The van der Waals surface area contributed by atoms with Crippen LogP contribution in [0.4, 0.5) is 0 Å². The quantitative estimate of drug-likeness (QED) is 0.571.